The zero-order valence-corrected chi connectivity index (χ0v) is 12.6. The van der Waals surface area contributed by atoms with E-state index in [-0.39, 0.29) is 24.6 Å². The standard InChI is InChI=1S/C14H26N2O3/c1-11(2,3)19-10(17)16-8-14(18,9-16)13(15)6-12(4,5)7-13/h18H,6-9,15H2,1-5H3. The molecule has 2 fully saturated rings. The Bertz CT molecular complexity index is 384. The van der Waals surface area contributed by atoms with Gasteiger partial charge < -0.3 is 20.5 Å². The maximum atomic E-state index is 11.8. The third-order valence-corrected chi connectivity index (χ3v) is 4.07. The van der Waals surface area contributed by atoms with Crippen molar-refractivity contribution in [1.29, 1.82) is 0 Å². The molecule has 110 valence electrons. The minimum atomic E-state index is -0.959. The molecule has 0 bridgehead atoms. The van der Waals surface area contributed by atoms with Crippen molar-refractivity contribution in [3.05, 3.63) is 0 Å². The van der Waals surface area contributed by atoms with E-state index in [0.717, 1.165) is 12.8 Å². The van der Waals surface area contributed by atoms with Gasteiger partial charge in [-0.1, -0.05) is 13.8 Å². The Balaban J connectivity index is 1.90. The summed E-state index contributed by atoms with van der Waals surface area (Å²) in [6.07, 6.45) is 1.21. The summed E-state index contributed by atoms with van der Waals surface area (Å²) in [6.45, 7) is 10.3. The van der Waals surface area contributed by atoms with Crippen LogP contribution in [0.4, 0.5) is 4.79 Å². The summed E-state index contributed by atoms with van der Waals surface area (Å²) in [6, 6.07) is 0. The lowest BCUT2D eigenvalue weighted by Gasteiger charge is -2.63. The average Bonchev–Trinajstić information content (AvgIpc) is 2.05. The van der Waals surface area contributed by atoms with Crippen LogP contribution in [0, 0.1) is 5.41 Å². The first-order valence-electron chi connectivity index (χ1n) is 6.85. The van der Waals surface area contributed by atoms with Gasteiger partial charge in [-0.05, 0) is 39.0 Å². The molecule has 0 aromatic heterocycles. The van der Waals surface area contributed by atoms with Crippen molar-refractivity contribution >= 4 is 6.09 Å². The fourth-order valence-corrected chi connectivity index (χ4v) is 3.34. The number of amides is 1. The number of carbonyl (C=O) groups is 1. The molecule has 1 saturated heterocycles. The maximum Gasteiger partial charge on any atom is 0.410 e. The topological polar surface area (TPSA) is 75.8 Å². The molecule has 1 aliphatic carbocycles. The van der Waals surface area contributed by atoms with E-state index in [1.54, 1.807) is 0 Å². The monoisotopic (exact) mass is 270 g/mol. The van der Waals surface area contributed by atoms with Crippen LogP contribution in [0.3, 0.4) is 0 Å². The van der Waals surface area contributed by atoms with Crippen molar-refractivity contribution in [3.63, 3.8) is 0 Å². The Labute approximate surface area is 115 Å². The fourth-order valence-electron chi connectivity index (χ4n) is 3.34. The highest BCUT2D eigenvalue weighted by molar-refractivity contribution is 5.70. The number of likely N-dealkylation sites (tertiary alicyclic amines) is 1. The van der Waals surface area contributed by atoms with Gasteiger partial charge in [0, 0.05) is 5.54 Å². The second-order valence-electron chi connectivity index (χ2n) is 8.04. The summed E-state index contributed by atoms with van der Waals surface area (Å²) in [5, 5.41) is 10.6. The lowest BCUT2D eigenvalue weighted by Crippen LogP contribution is -2.81. The van der Waals surface area contributed by atoms with Crippen molar-refractivity contribution < 1.29 is 14.6 Å². The largest absolute Gasteiger partial charge is 0.444 e. The molecule has 5 nitrogen and oxygen atoms in total. The van der Waals surface area contributed by atoms with Gasteiger partial charge in [0.25, 0.3) is 0 Å². The van der Waals surface area contributed by atoms with E-state index in [9.17, 15) is 9.90 Å². The van der Waals surface area contributed by atoms with Crippen LogP contribution >= 0.6 is 0 Å². The molecule has 5 heteroatoms. The van der Waals surface area contributed by atoms with E-state index >= 15 is 0 Å². The summed E-state index contributed by atoms with van der Waals surface area (Å²) >= 11 is 0. The number of β-amino-alcohol motifs (C(OH)–C–C–N with tert-alkyl or cyclic N) is 1. The number of rotatable bonds is 1. The summed E-state index contributed by atoms with van der Waals surface area (Å²) in [5.41, 5.74) is 4.44. The first kappa shape index (κ1) is 14.6. The number of hydrogen-bond acceptors (Lipinski definition) is 4. The van der Waals surface area contributed by atoms with Crippen molar-refractivity contribution in [2.24, 2.45) is 11.1 Å². The normalized spacial score (nSPS) is 27.2. The number of nitrogens with two attached hydrogens (primary N) is 1. The van der Waals surface area contributed by atoms with E-state index in [1.807, 2.05) is 20.8 Å². The van der Waals surface area contributed by atoms with Crippen molar-refractivity contribution in [1.82, 2.24) is 4.90 Å². The molecule has 1 aliphatic heterocycles. The van der Waals surface area contributed by atoms with Crippen LogP contribution in [0.1, 0.15) is 47.5 Å². The van der Waals surface area contributed by atoms with Crippen molar-refractivity contribution in [2.45, 2.75) is 64.2 Å². The maximum absolute atomic E-state index is 11.8. The molecule has 0 aromatic rings. The molecule has 2 rings (SSSR count). The highest BCUT2D eigenvalue weighted by Crippen LogP contribution is 2.53. The molecule has 0 spiro atoms. The summed E-state index contributed by atoms with van der Waals surface area (Å²) in [4.78, 5) is 13.4. The Morgan fingerprint density at radius 1 is 1.26 bits per heavy atom. The van der Waals surface area contributed by atoms with Crippen LogP contribution < -0.4 is 5.73 Å². The minimum absolute atomic E-state index is 0.191. The van der Waals surface area contributed by atoms with Crippen molar-refractivity contribution in [3.8, 4) is 0 Å². The lowest BCUT2D eigenvalue weighted by molar-refractivity contribution is -0.184. The molecule has 1 heterocycles. The van der Waals surface area contributed by atoms with Gasteiger partial charge in [0.15, 0.2) is 0 Å². The zero-order valence-electron chi connectivity index (χ0n) is 12.6. The Morgan fingerprint density at radius 2 is 1.74 bits per heavy atom. The van der Waals surface area contributed by atoms with Crippen LogP contribution in [0.15, 0.2) is 0 Å². The van der Waals surface area contributed by atoms with Gasteiger partial charge in [-0.25, -0.2) is 4.79 Å². The molecule has 19 heavy (non-hydrogen) atoms. The van der Waals surface area contributed by atoms with E-state index in [4.69, 9.17) is 10.5 Å². The van der Waals surface area contributed by atoms with Crippen LogP contribution in [-0.2, 0) is 4.74 Å². The predicted octanol–water partition coefficient (Wildman–Crippen LogP) is 1.49. The highest BCUT2D eigenvalue weighted by Gasteiger charge is 2.64. The fraction of sp³-hybridized carbons (Fsp3) is 0.929. The van der Waals surface area contributed by atoms with Gasteiger partial charge >= 0.3 is 6.09 Å². The summed E-state index contributed by atoms with van der Waals surface area (Å²) in [7, 11) is 0. The van der Waals surface area contributed by atoms with Gasteiger partial charge in [-0.15, -0.1) is 0 Å². The Morgan fingerprint density at radius 3 is 2.11 bits per heavy atom. The molecule has 2 aliphatic rings. The number of ether oxygens (including phenoxy) is 1. The van der Waals surface area contributed by atoms with Gasteiger partial charge in [-0.2, -0.15) is 0 Å². The summed E-state index contributed by atoms with van der Waals surface area (Å²) < 4.78 is 5.28. The van der Waals surface area contributed by atoms with Crippen LogP contribution in [-0.4, -0.2) is 45.9 Å². The third kappa shape index (κ3) is 2.58. The zero-order chi connectivity index (χ0) is 14.7. The van der Waals surface area contributed by atoms with E-state index in [1.165, 1.54) is 4.90 Å². The van der Waals surface area contributed by atoms with E-state index in [0.29, 0.717) is 0 Å². The van der Waals surface area contributed by atoms with Gasteiger partial charge in [-0.3, -0.25) is 0 Å². The Hall–Kier alpha value is -0.810. The van der Waals surface area contributed by atoms with Gasteiger partial charge in [0.2, 0.25) is 0 Å². The van der Waals surface area contributed by atoms with Crippen LogP contribution in [0.25, 0.3) is 0 Å². The molecule has 0 radical (unpaired) electrons. The molecule has 3 N–H and O–H groups in total. The average molecular weight is 270 g/mol. The number of hydrogen-bond donors (Lipinski definition) is 2. The highest BCUT2D eigenvalue weighted by atomic mass is 16.6. The van der Waals surface area contributed by atoms with Crippen LogP contribution in [0.2, 0.25) is 0 Å². The number of aliphatic hydroxyl groups is 1. The smallest absolute Gasteiger partial charge is 0.410 e. The third-order valence-electron chi connectivity index (χ3n) is 4.07. The first-order chi connectivity index (χ1) is 8.36. The summed E-state index contributed by atoms with van der Waals surface area (Å²) in [5.74, 6) is 0. The molecular formula is C14H26N2O3. The van der Waals surface area contributed by atoms with E-state index in [2.05, 4.69) is 13.8 Å². The van der Waals surface area contributed by atoms with Gasteiger partial charge in [0.05, 0.1) is 13.1 Å². The molecule has 1 amide bonds. The minimum Gasteiger partial charge on any atom is -0.444 e. The second kappa shape index (κ2) is 3.85. The number of carbonyl (C=O) groups excluding carboxylic acids is 1. The molecule has 0 aromatic carbocycles. The molecule has 0 unspecified atom stereocenters. The molecule has 1 saturated carbocycles. The van der Waals surface area contributed by atoms with Gasteiger partial charge in [0.1, 0.15) is 11.2 Å². The van der Waals surface area contributed by atoms with Crippen molar-refractivity contribution in [2.75, 3.05) is 13.1 Å². The second-order valence-corrected chi connectivity index (χ2v) is 8.04. The Kier molecular flexibility index (Phi) is 2.96. The number of nitrogens with zero attached hydrogens (tertiary/aromatic N) is 1. The predicted molar refractivity (Wildman–Crippen MR) is 72.7 cm³/mol. The quantitative estimate of drug-likeness (QED) is 0.757. The first-order valence-corrected chi connectivity index (χ1v) is 6.85. The molecular weight excluding hydrogens is 244 g/mol. The lowest BCUT2D eigenvalue weighted by atomic mass is 9.52. The SMILES string of the molecule is CC1(C)CC(N)(C2(O)CN(C(=O)OC(C)(C)C)C2)C1. The van der Waals surface area contributed by atoms with Crippen LogP contribution in [0.5, 0.6) is 0 Å². The molecule has 0 atom stereocenters. The van der Waals surface area contributed by atoms with E-state index < -0.39 is 16.7 Å².